The number of nitrogens with zero attached hydrogens (tertiary/aromatic N) is 1. The van der Waals surface area contributed by atoms with Crippen LogP contribution in [-0.4, -0.2) is 16.1 Å². The second kappa shape index (κ2) is 5.14. The molecule has 1 heterocycles. The van der Waals surface area contributed by atoms with Gasteiger partial charge in [0, 0.05) is 18.0 Å². The van der Waals surface area contributed by atoms with Crippen molar-refractivity contribution in [3.05, 3.63) is 52.5 Å². The minimum Gasteiger partial charge on any atom is -0.480 e. The molecular weight excluding hydrogens is 349 g/mol. The maximum atomic E-state index is 11.5. The van der Waals surface area contributed by atoms with Crippen LogP contribution in [-0.2, 0) is 14.6 Å². The summed E-state index contributed by atoms with van der Waals surface area (Å²) in [7, 11) is 0. The molecule has 0 aliphatic heterocycles. The SMILES string of the molecule is O=C(O)C(I)(Cc1ccccc1)c1nccs1. The van der Waals surface area contributed by atoms with Crippen LogP contribution in [0, 0.1) is 0 Å². The highest BCUT2D eigenvalue weighted by atomic mass is 127. The number of alkyl halides is 1. The Bertz CT molecular complexity index is 500. The Morgan fingerprint density at radius 2 is 2.12 bits per heavy atom. The summed E-state index contributed by atoms with van der Waals surface area (Å²) < 4.78 is -0.979. The van der Waals surface area contributed by atoms with Crippen LogP contribution in [0.4, 0.5) is 0 Å². The lowest BCUT2D eigenvalue weighted by molar-refractivity contribution is -0.139. The van der Waals surface area contributed by atoms with E-state index in [2.05, 4.69) is 4.98 Å². The highest BCUT2D eigenvalue weighted by molar-refractivity contribution is 14.1. The van der Waals surface area contributed by atoms with Crippen molar-refractivity contribution in [1.29, 1.82) is 0 Å². The third-order valence-electron chi connectivity index (χ3n) is 2.40. The van der Waals surface area contributed by atoms with Gasteiger partial charge in [-0.1, -0.05) is 52.9 Å². The lowest BCUT2D eigenvalue weighted by Gasteiger charge is -2.20. The van der Waals surface area contributed by atoms with E-state index in [0.717, 1.165) is 5.56 Å². The zero-order valence-corrected chi connectivity index (χ0v) is 11.8. The van der Waals surface area contributed by atoms with Gasteiger partial charge in [0.25, 0.3) is 0 Å². The third-order valence-corrected chi connectivity index (χ3v) is 5.06. The molecule has 0 bridgehead atoms. The maximum absolute atomic E-state index is 11.5. The molecule has 0 spiro atoms. The lowest BCUT2D eigenvalue weighted by atomic mass is 10.00. The molecule has 1 aromatic carbocycles. The Balaban J connectivity index is 2.34. The van der Waals surface area contributed by atoms with E-state index < -0.39 is 9.39 Å². The van der Waals surface area contributed by atoms with E-state index in [4.69, 9.17) is 0 Å². The van der Waals surface area contributed by atoms with Crippen LogP contribution < -0.4 is 0 Å². The van der Waals surface area contributed by atoms with Gasteiger partial charge in [0.05, 0.1) is 0 Å². The first-order valence-corrected chi connectivity index (χ1v) is 6.95. The number of aliphatic carboxylic acids is 1. The molecule has 3 nitrogen and oxygen atoms in total. The number of rotatable bonds is 4. The van der Waals surface area contributed by atoms with E-state index in [1.54, 1.807) is 11.6 Å². The Hall–Kier alpha value is -0.950. The first-order valence-electron chi connectivity index (χ1n) is 4.99. The standard InChI is InChI=1S/C12H10INO2S/c13-12(11(15)16,10-14-6-7-17-10)8-9-4-2-1-3-5-9/h1-7H,8H2,(H,15,16). The van der Waals surface area contributed by atoms with Gasteiger partial charge in [-0.25, -0.2) is 4.98 Å². The van der Waals surface area contributed by atoms with Crippen LogP contribution >= 0.6 is 33.9 Å². The molecule has 1 N–H and O–H groups in total. The first-order chi connectivity index (χ1) is 8.13. The molecule has 1 atom stereocenters. The molecule has 2 rings (SSSR count). The molecule has 2 aromatic rings. The monoisotopic (exact) mass is 359 g/mol. The van der Waals surface area contributed by atoms with Gasteiger partial charge in [-0.3, -0.25) is 4.79 Å². The zero-order chi connectivity index (χ0) is 12.3. The molecule has 0 radical (unpaired) electrons. The molecule has 1 unspecified atom stereocenters. The highest BCUT2D eigenvalue weighted by Gasteiger charge is 2.40. The van der Waals surface area contributed by atoms with Crippen molar-refractivity contribution in [2.75, 3.05) is 0 Å². The summed E-state index contributed by atoms with van der Waals surface area (Å²) >= 11 is 3.36. The number of hydrogen-bond acceptors (Lipinski definition) is 3. The number of aromatic nitrogens is 1. The van der Waals surface area contributed by atoms with Crippen molar-refractivity contribution in [3.63, 3.8) is 0 Å². The Kier molecular flexibility index (Phi) is 3.78. The van der Waals surface area contributed by atoms with Gasteiger partial charge in [-0.05, 0) is 5.56 Å². The van der Waals surface area contributed by atoms with Gasteiger partial charge >= 0.3 is 5.97 Å². The van der Waals surface area contributed by atoms with Crippen LogP contribution in [0.5, 0.6) is 0 Å². The van der Waals surface area contributed by atoms with Crippen LogP contribution in [0.1, 0.15) is 10.6 Å². The Morgan fingerprint density at radius 3 is 2.65 bits per heavy atom. The summed E-state index contributed by atoms with van der Waals surface area (Å²) in [5.74, 6) is -0.850. The van der Waals surface area contributed by atoms with Crippen molar-refractivity contribution in [3.8, 4) is 0 Å². The number of carboxylic acids is 1. The van der Waals surface area contributed by atoms with E-state index in [0.29, 0.717) is 11.4 Å². The number of benzene rings is 1. The van der Waals surface area contributed by atoms with E-state index in [1.807, 2.05) is 52.9 Å². The predicted molar refractivity (Wildman–Crippen MR) is 75.6 cm³/mol. The minimum atomic E-state index is -0.979. The summed E-state index contributed by atoms with van der Waals surface area (Å²) in [4.78, 5) is 15.6. The van der Waals surface area contributed by atoms with Crippen LogP contribution in [0.2, 0.25) is 0 Å². The quantitative estimate of drug-likeness (QED) is 0.674. The van der Waals surface area contributed by atoms with Gasteiger partial charge in [-0.2, -0.15) is 0 Å². The molecule has 5 heteroatoms. The second-order valence-corrected chi connectivity index (χ2v) is 6.34. The second-order valence-electron chi connectivity index (χ2n) is 3.61. The van der Waals surface area contributed by atoms with Crippen LogP contribution in [0.25, 0.3) is 0 Å². The fourth-order valence-electron chi connectivity index (χ4n) is 1.54. The third kappa shape index (κ3) is 2.66. The number of halogens is 1. The number of thiazole rings is 1. The van der Waals surface area contributed by atoms with Gasteiger partial charge in [0.15, 0.2) is 3.42 Å². The van der Waals surface area contributed by atoms with Crippen molar-refractivity contribution in [2.24, 2.45) is 0 Å². The van der Waals surface area contributed by atoms with Crippen molar-refractivity contribution in [1.82, 2.24) is 4.98 Å². The zero-order valence-electron chi connectivity index (χ0n) is 8.84. The predicted octanol–water partition coefficient (Wildman–Crippen LogP) is 3.10. The average molecular weight is 359 g/mol. The van der Waals surface area contributed by atoms with Crippen molar-refractivity contribution in [2.45, 2.75) is 9.84 Å². The Labute approximate surface area is 117 Å². The van der Waals surface area contributed by atoms with Crippen LogP contribution in [0.3, 0.4) is 0 Å². The summed E-state index contributed by atoms with van der Waals surface area (Å²) in [6.07, 6.45) is 2.08. The van der Waals surface area contributed by atoms with Gasteiger partial charge in [0.1, 0.15) is 5.01 Å². The number of carbonyl (C=O) groups is 1. The molecule has 0 aliphatic rings. The summed E-state index contributed by atoms with van der Waals surface area (Å²) in [5, 5.41) is 11.9. The molecule has 0 saturated heterocycles. The molecule has 1 aromatic heterocycles. The van der Waals surface area contributed by atoms with Gasteiger partial charge < -0.3 is 5.11 Å². The van der Waals surface area contributed by atoms with E-state index in [9.17, 15) is 9.90 Å². The minimum absolute atomic E-state index is 0.442. The Morgan fingerprint density at radius 1 is 1.41 bits per heavy atom. The molecule has 88 valence electrons. The molecule has 17 heavy (non-hydrogen) atoms. The molecule has 0 fully saturated rings. The first kappa shape index (κ1) is 12.5. The van der Waals surface area contributed by atoms with E-state index in [-0.39, 0.29) is 0 Å². The van der Waals surface area contributed by atoms with Crippen molar-refractivity contribution < 1.29 is 9.90 Å². The highest BCUT2D eigenvalue weighted by Crippen LogP contribution is 2.37. The molecular formula is C12H10INO2S. The van der Waals surface area contributed by atoms with E-state index in [1.165, 1.54) is 11.3 Å². The fourth-order valence-corrected chi connectivity index (χ4v) is 3.22. The van der Waals surface area contributed by atoms with E-state index >= 15 is 0 Å². The summed E-state index contributed by atoms with van der Waals surface area (Å²) in [6, 6.07) is 9.61. The summed E-state index contributed by atoms with van der Waals surface area (Å²) in [5.41, 5.74) is 1.000. The van der Waals surface area contributed by atoms with Crippen LogP contribution in [0.15, 0.2) is 41.9 Å². The lowest BCUT2D eigenvalue weighted by Crippen LogP contribution is -2.31. The molecule has 0 saturated carbocycles. The van der Waals surface area contributed by atoms with Gasteiger partial charge in [-0.15, -0.1) is 11.3 Å². The number of carboxylic acid groups (broad SMARTS) is 1. The fraction of sp³-hybridized carbons (Fsp3) is 0.167. The van der Waals surface area contributed by atoms with Crippen molar-refractivity contribution >= 4 is 39.9 Å². The molecule has 0 aliphatic carbocycles. The average Bonchev–Trinajstić information content (AvgIpc) is 2.84. The molecule has 0 amide bonds. The smallest absolute Gasteiger partial charge is 0.327 e. The maximum Gasteiger partial charge on any atom is 0.327 e. The topological polar surface area (TPSA) is 50.2 Å². The normalized spacial score (nSPS) is 14.2. The largest absolute Gasteiger partial charge is 0.480 e. The summed E-state index contributed by atoms with van der Waals surface area (Å²) in [6.45, 7) is 0. The van der Waals surface area contributed by atoms with Gasteiger partial charge in [0.2, 0.25) is 0 Å². The number of hydrogen-bond donors (Lipinski definition) is 1.